The van der Waals surface area contributed by atoms with Crippen LogP contribution in [0.25, 0.3) is 0 Å². The van der Waals surface area contributed by atoms with Crippen molar-refractivity contribution in [2.45, 2.75) is 13.8 Å². The molecular weight excluding hydrogens is 302 g/mol. The van der Waals surface area contributed by atoms with Crippen molar-refractivity contribution in [3.05, 3.63) is 27.7 Å². The molecule has 0 aliphatic heterocycles. The Kier molecular flexibility index (Phi) is 5.85. The molecule has 0 aliphatic rings. The van der Waals surface area contributed by atoms with Gasteiger partial charge in [-0.2, -0.15) is 11.8 Å². The van der Waals surface area contributed by atoms with Crippen LogP contribution in [0.15, 0.2) is 16.6 Å². The molecule has 0 fully saturated rings. The Labute approximate surface area is 114 Å². The van der Waals surface area contributed by atoms with E-state index in [0.29, 0.717) is 17.9 Å². The number of esters is 1. The summed E-state index contributed by atoms with van der Waals surface area (Å²) in [6.45, 7) is 4.33. The summed E-state index contributed by atoms with van der Waals surface area (Å²) in [4.78, 5) is 11.8. The fraction of sp³-hybridized carbons (Fsp3) is 0.417. The molecule has 2 N–H and O–H groups in total. The van der Waals surface area contributed by atoms with Gasteiger partial charge in [0, 0.05) is 15.9 Å². The number of ether oxygens (including phenoxy) is 1. The van der Waals surface area contributed by atoms with Crippen LogP contribution >= 0.6 is 27.7 Å². The minimum Gasteiger partial charge on any atom is -0.461 e. The second kappa shape index (κ2) is 6.91. The highest BCUT2D eigenvalue weighted by atomic mass is 79.9. The molecule has 5 heteroatoms. The van der Waals surface area contributed by atoms with Crippen molar-refractivity contribution < 1.29 is 9.53 Å². The summed E-state index contributed by atoms with van der Waals surface area (Å²) < 4.78 is 5.97. The van der Waals surface area contributed by atoms with Gasteiger partial charge in [0.05, 0.1) is 5.56 Å². The van der Waals surface area contributed by atoms with E-state index < -0.39 is 0 Å². The Hall–Kier alpha value is -0.680. The number of benzene rings is 1. The van der Waals surface area contributed by atoms with Crippen LogP contribution in [0, 0.1) is 6.92 Å². The second-order valence-corrected chi connectivity index (χ2v) is 5.81. The van der Waals surface area contributed by atoms with Gasteiger partial charge in [-0.05, 0) is 30.4 Å². The number of nitrogen functional groups attached to an aromatic ring is 1. The number of nitrogens with two attached hydrogens (primary N) is 1. The molecule has 0 heterocycles. The minimum atomic E-state index is -0.313. The van der Waals surface area contributed by atoms with Crippen LogP contribution in [0.4, 0.5) is 5.69 Å². The first kappa shape index (κ1) is 14.4. The topological polar surface area (TPSA) is 52.3 Å². The SMILES string of the molecule is CCSCCOC(=O)c1cc(Br)cc(N)c1C. The number of rotatable bonds is 5. The van der Waals surface area contributed by atoms with E-state index in [-0.39, 0.29) is 5.97 Å². The molecule has 1 rings (SSSR count). The summed E-state index contributed by atoms with van der Waals surface area (Å²) in [7, 11) is 0. The quantitative estimate of drug-likeness (QED) is 0.514. The van der Waals surface area contributed by atoms with Crippen molar-refractivity contribution in [1.82, 2.24) is 0 Å². The predicted octanol–water partition coefficient (Wildman–Crippen LogP) is 3.25. The summed E-state index contributed by atoms with van der Waals surface area (Å²) in [5, 5.41) is 0. The molecule has 0 saturated carbocycles. The van der Waals surface area contributed by atoms with Gasteiger partial charge in [-0.15, -0.1) is 0 Å². The number of anilines is 1. The van der Waals surface area contributed by atoms with E-state index >= 15 is 0 Å². The Bertz CT molecular complexity index is 410. The number of carbonyl (C=O) groups excluding carboxylic acids is 1. The van der Waals surface area contributed by atoms with E-state index in [0.717, 1.165) is 21.5 Å². The van der Waals surface area contributed by atoms with Gasteiger partial charge < -0.3 is 10.5 Å². The maximum atomic E-state index is 11.8. The Morgan fingerprint density at radius 1 is 1.53 bits per heavy atom. The van der Waals surface area contributed by atoms with Crippen molar-refractivity contribution in [2.75, 3.05) is 23.8 Å². The van der Waals surface area contributed by atoms with E-state index in [1.54, 1.807) is 23.9 Å². The van der Waals surface area contributed by atoms with Crippen LogP contribution in [0.3, 0.4) is 0 Å². The zero-order valence-electron chi connectivity index (χ0n) is 9.96. The largest absolute Gasteiger partial charge is 0.461 e. The molecule has 0 spiro atoms. The number of thioether (sulfide) groups is 1. The van der Waals surface area contributed by atoms with Gasteiger partial charge in [0.25, 0.3) is 0 Å². The molecule has 94 valence electrons. The highest BCUT2D eigenvalue weighted by Crippen LogP contribution is 2.23. The van der Waals surface area contributed by atoms with Crippen LogP contribution in [-0.4, -0.2) is 24.1 Å². The summed E-state index contributed by atoms with van der Waals surface area (Å²) in [6.07, 6.45) is 0. The molecule has 0 unspecified atom stereocenters. The summed E-state index contributed by atoms with van der Waals surface area (Å²) in [6, 6.07) is 3.51. The average Bonchev–Trinajstić information content (AvgIpc) is 2.29. The lowest BCUT2D eigenvalue weighted by atomic mass is 10.1. The lowest BCUT2D eigenvalue weighted by Gasteiger charge is -2.09. The van der Waals surface area contributed by atoms with Crippen LogP contribution in [0.1, 0.15) is 22.8 Å². The van der Waals surface area contributed by atoms with Crippen molar-refractivity contribution in [3.8, 4) is 0 Å². The third-order valence-corrected chi connectivity index (χ3v) is 3.62. The highest BCUT2D eigenvalue weighted by molar-refractivity contribution is 9.10. The second-order valence-electron chi connectivity index (χ2n) is 3.50. The van der Waals surface area contributed by atoms with Gasteiger partial charge in [-0.3, -0.25) is 0 Å². The van der Waals surface area contributed by atoms with Crippen LogP contribution in [0.2, 0.25) is 0 Å². The maximum Gasteiger partial charge on any atom is 0.338 e. The molecule has 0 aliphatic carbocycles. The molecule has 1 aromatic carbocycles. The van der Waals surface area contributed by atoms with Gasteiger partial charge in [0.2, 0.25) is 0 Å². The molecule has 3 nitrogen and oxygen atoms in total. The zero-order chi connectivity index (χ0) is 12.8. The van der Waals surface area contributed by atoms with Crippen molar-refractivity contribution >= 4 is 39.3 Å². The number of carbonyl (C=O) groups is 1. The van der Waals surface area contributed by atoms with Crippen molar-refractivity contribution in [3.63, 3.8) is 0 Å². The normalized spacial score (nSPS) is 10.3. The molecule has 0 amide bonds. The Morgan fingerprint density at radius 3 is 2.88 bits per heavy atom. The molecule has 0 saturated heterocycles. The third-order valence-electron chi connectivity index (χ3n) is 2.30. The molecule has 0 bridgehead atoms. The predicted molar refractivity (Wildman–Crippen MR) is 76.6 cm³/mol. The van der Waals surface area contributed by atoms with E-state index in [4.69, 9.17) is 10.5 Å². The van der Waals surface area contributed by atoms with Crippen LogP contribution < -0.4 is 5.73 Å². The Balaban J connectivity index is 2.69. The first-order chi connectivity index (χ1) is 8.06. The van der Waals surface area contributed by atoms with Crippen molar-refractivity contribution in [2.24, 2.45) is 0 Å². The lowest BCUT2D eigenvalue weighted by molar-refractivity contribution is 0.0529. The summed E-state index contributed by atoms with van der Waals surface area (Å²) in [5.74, 6) is 1.54. The first-order valence-corrected chi connectivity index (χ1v) is 7.31. The first-order valence-electron chi connectivity index (χ1n) is 5.36. The lowest BCUT2D eigenvalue weighted by Crippen LogP contribution is -2.10. The molecule has 1 aromatic rings. The van der Waals surface area contributed by atoms with Crippen LogP contribution in [0.5, 0.6) is 0 Å². The smallest absolute Gasteiger partial charge is 0.338 e. The third kappa shape index (κ3) is 4.24. The molecule has 0 aromatic heterocycles. The zero-order valence-corrected chi connectivity index (χ0v) is 12.4. The molecule has 0 radical (unpaired) electrons. The fourth-order valence-corrected chi connectivity index (χ4v) is 2.29. The van der Waals surface area contributed by atoms with Crippen LogP contribution in [-0.2, 0) is 4.74 Å². The number of halogens is 1. The van der Waals surface area contributed by atoms with E-state index in [2.05, 4.69) is 22.9 Å². The maximum absolute atomic E-state index is 11.8. The number of hydrogen-bond donors (Lipinski definition) is 1. The molecule has 17 heavy (non-hydrogen) atoms. The number of hydrogen-bond acceptors (Lipinski definition) is 4. The monoisotopic (exact) mass is 317 g/mol. The average molecular weight is 318 g/mol. The van der Waals surface area contributed by atoms with Gasteiger partial charge in [-0.25, -0.2) is 4.79 Å². The summed E-state index contributed by atoms with van der Waals surface area (Å²) in [5.41, 5.74) is 7.68. The summed E-state index contributed by atoms with van der Waals surface area (Å²) >= 11 is 5.06. The van der Waals surface area contributed by atoms with E-state index in [1.807, 2.05) is 6.92 Å². The van der Waals surface area contributed by atoms with Crippen molar-refractivity contribution in [1.29, 1.82) is 0 Å². The van der Waals surface area contributed by atoms with E-state index in [9.17, 15) is 4.79 Å². The molecule has 0 atom stereocenters. The molecular formula is C12H16BrNO2S. The van der Waals surface area contributed by atoms with Gasteiger partial charge in [-0.1, -0.05) is 22.9 Å². The highest BCUT2D eigenvalue weighted by Gasteiger charge is 2.13. The minimum absolute atomic E-state index is 0.313. The van der Waals surface area contributed by atoms with Gasteiger partial charge in [0.15, 0.2) is 0 Å². The van der Waals surface area contributed by atoms with E-state index in [1.165, 1.54) is 0 Å². The fourth-order valence-electron chi connectivity index (χ4n) is 1.33. The Morgan fingerprint density at radius 2 is 2.24 bits per heavy atom. The van der Waals surface area contributed by atoms with Gasteiger partial charge >= 0.3 is 5.97 Å². The van der Waals surface area contributed by atoms with Gasteiger partial charge in [0.1, 0.15) is 6.61 Å². The standard InChI is InChI=1S/C12H16BrNO2S/c1-3-17-5-4-16-12(15)10-6-9(13)7-11(14)8(10)2/h6-7H,3-5,14H2,1-2H3.